The first kappa shape index (κ1) is 10.8. The Morgan fingerprint density at radius 1 is 1.60 bits per heavy atom. The van der Waals surface area contributed by atoms with Crippen molar-refractivity contribution in [3.05, 3.63) is 21.4 Å². The Morgan fingerprint density at radius 3 is 3.00 bits per heavy atom. The Hall–Kier alpha value is -0.700. The van der Waals surface area contributed by atoms with Crippen LogP contribution in [0.3, 0.4) is 0 Å². The van der Waals surface area contributed by atoms with Crippen LogP contribution in [0, 0.1) is 4.84 Å². The summed E-state index contributed by atoms with van der Waals surface area (Å²) in [7, 11) is 0. The van der Waals surface area contributed by atoms with Gasteiger partial charge in [0, 0.05) is 0 Å². The summed E-state index contributed by atoms with van der Waals surface area (Å²) in [4.78, 5) is 3.07. The van der Waals surface area contributed by atoms with Gasteiger partial charge in [-0.1, -0.05) is 0 Å². The average Bonchev–Trinajstić information content (AvgIpc) is 2.44. The lowest BCUT2D eigenvalue weighted by molar-refractivity contribution is 0.570. The third kappa shape index (κ3) is 2.28. The van der Waals surface area contributed by atoms with Crippen LogP contribution in [0.15, 0.2) is 21.0 Å². The molecule has 8 heteroatoms. The molecule has 1 unspecified atom stereocenters. The predicted octanol–water partition coefficient (Wildman–Crippen LogP) is 2.80. The molecule has 5 nitrogen and oxygen atoms in total. The van der Waals surface area contributed by atoms with Crippen LogP contribution in [0.2, 0.25) is 0 Å². The highest BCUT2D eigenvalue weighted by Crippen LogP contribution is 2.28. The summed E-state index contributed by atoms with van der Waals surface area (Å²) in [5, 5.41) is 0. The van der Waals surface area contributed by atoms with Crippen molar-refractivity contribution in [1.29, 1.82) is 0 Å². The maximum absolute atomic E-state index is 10.6. The molecule has 1 aromatic carbocycles. The van der Waals surface area contributed by atoms with E-state index in [2.05, 4.69) is 25.6 Å². The molecule has 0 spiro atoms. The van der Waals surface area contributed by atoms with Gasteiger partial charge in [-0.15, -0.1) is 0 Å². The highest BCUT2D eigenvalue weighted by molar-refractivity contribution is 9.10. The number of nitrogens with one attached hydrogen (secondary N) is 2. The fourth-order valence-corrected chi connectivity index (χ4v) is 2.23. The minimum absolute atomic E-state index is 0.257. The molecule has 1 atom stereocenters. The fraction of sp³-hybridized carbons (Fsp3) is 0. The first-order chi connectivity index (χ1) is 7.06. The molecule has 2 aromatic rings. The summed E-state index contributed by atoms with van der Waals surface area (Å²) < 4.78 is 27.4. The van der Waals surface area contributed by atoms with E-state index in [4.69, 9.17) is 21.2 Å². The van der Waals surface area contributed by atoms with Gasteiger partial charge in [0.1, 0.15) is 0 Å². The number of aromatic amines is 1. The Labute approximate surface area is 100 Å². The van der Waals surface area contributed by atoms with E-state index < -0.39 is 11.3 Å². The van der Waals surface area contributed by atoms with E-state index in [0.717, 1.165) is 0 Å². The topological polar surface area (TPSA) is 78.3 Å². The van der Waals surface area contributed by atoms with Crippen molar-refractivity contribution in [2.24, 2.45) is 0 Å². The van der Waals surface area contributed by atoms with E-state index >= 15 is 0 Å². The number of hydrogen-bond acceptors (Lipinski definition) is 3. The number of halogens is 1. The van der Waals surface area contributed by atoms with Gasteiger partial charge in [0.2, 0.25) is 0 Å². The van der Waals surface area contributed by atoms with Crippen molar-refractivity contribution in [3.63, 3.8) is 0 Å². The molecular weight excluding hydrogens is 304 g/mol. The zero-order valence-corrected chi connectivity index (χ0v) is 10.3. The Balaban J connectivity index is 2.61. The van der Waals surface area contributed by atoms with Crippen LogP contribution in [0.4, 0.5) is 5.69 Å². The van der Waals surface area contributed by atoms with Gasteiger partial charge in [-0.05, 0) is 40.3 Å². The van der Waals surface area contributed by atoms with Gasteiger partial charge in [-0.3, -0.25) is 9.27 Å². The van der Waals surface area contributed by atoms with Gasteiger partial charge in [-0.25, -0.2) is 4.21 Å². The number of hydrogen-bond donors (Lipinski definition) is 3. The van der Waals surface area contributed by atoms with E-state index in [-0.39, 0.29) is 4.84 Å². The minimum Gasteiger partial charge on any atom is -0.428 e. The summed E-state index contributed by atoms with van der Waals surface area (Å²) in [6.07, 6.45) is 0. The second kappa shape index (κ2) is 4.05. The smallest absolute Gasteiger partial charge is 0.266 e. The van der Waals surface area contributed by atoms with Crippen molar-refractivity contribution in [2.45, 2.75) is 0 Å². The number of fused-ring (bicyclic) bond motifs is 1. The van der Waals surface area contributed by atoms with Crippen molar-refractivity contribution < 1.29 is 13.2 Å². The first-order valence-corrected chi connectivity index (χ1v) is 6.07. The molecule has 0 fully saturated rings. The summed E-state index contributed by atoms with van der Waals surface area (Å²) >= 11 is 6.00. The summed E-state index contributed by atoms with van der Waals surface area (Å²) in [6.45, 7) is 0. The van der Waals surface area contributed by atoms with Gasteiger partial charge in [0.15, 0.2) is 5.58 Å². The number of aromatic nitrogens is 1. The Kier molecular flexibility index (Phi) is 2.91. The fourth-order valence-electron chi connectivity index (χ4n) is 1.18. The lowest BCUT2D eigenvalue weighted by Gasteiger charge is -2.01. The highest BCUT2D eigenvalue weighted by Gasteiger charge is 2.07. The normalized spacial score (nSPS) is 12.9. The molecule has 2 rings (SSSR count). The number of rotatable bonds is 2. The Bertz CT molecular complexity index is 591. The minimum atomic E-state index is -2.10. The summed E-state index contributed by atoms with van der Waals surface area (Å²) in [6, 6.07) is 3.26. The SMILES string of the molecule is O=S(O)Nc1cc(Br)c2oc(=S)[nH]c2c1. The van der Waals surface area contributed by atoms with E-state index in [1.54, 1.807) is 12.1 Å². The van der Waals surface area contributed by atoms with Gasteiger partial charge in [0.25, 0.3) is 16.1 Å². The van der Waals surface area contributed by atoms with Crippen LogP contribution in [-0.4, -0.2) is 13.7 Å². The van der Waals surface area contributed by atoms with Gasteiger partial charge in [-0.2, -0.15) is 0 Å². The van der Waals surface area contributed by atoms with Gasteiger partial charge < -0.3 is 9.40 Å². The van der Waals surface area contributed by atoms with Crippen LogP contribution >= 0.6 is 28.1 Å². The number of anilines is 1. The van der Waals surface area contributed by atoms with Crippen molar-refractivity contribution in [3.8, 4) is 0 Å². The van der Waals surface area contributed by atoms with E-state index in [9.17, 15) is 4.21 Å². The molecule has 1 aromatic heterocycles. The Morgan fingerprint density at radius 2 is 2.33 bits per heavy atom. The lowest BCUT2D eigenvalue weighted by atomic mass is 10.3. The quantitative estimate of drug-likeness (QED) is 0.589. The molecule has 0 radical (unpaired) electrons. The van der Waals surface area contributed by atoms with Crippen LogP contribution in [-0.2, 0) is 11.3 Å². The van der Waals surface area contributed by atoms with Crippen molar-refractivity contribution >= 4 is 56.2 Å². The largest absolute Gasteiger partial charge is 0.428 e. The molecule has 0 saturated heterocycles. The molecular formula is C7H5BrN2O3S2. The first-order valence-electron chi connectivity index (χ1n) is 3.76. The summed E-state index contributed by atoms with van der Waals surface area (Å²) in [5.74, 6) is 0. The molecule has 0 aliphatic carbocycles. The van der Waals surface area contributed by atoms with Crippen molar-refractivity contribution in [1.82, 2.24) is 4.98 Å². The van der Waals surface area contributed by atoms with Gasteiger partial charge in [0.05, 0.1) is 15.7 Å². The predicted molar refractivity (Wildman–Crippen MR) is 63.5 cm³/mol. The molecule has 3 N–H and O–H groups in total. The van der Waals surface area contributed by atoms with Crippen molar-refractivity contribution in [2.75, 3.05) is 4.72 Å². The summed E-state index contributed by atoms with van der Waals surface area (Å²) in [5.41, 5.74) is 1.72. The second-order valence-corrected chi connectivity index (χ2v) is 4.63. The van der Waals surface area contributed by atoms with Crippen LogP contribution < -0.4 is 4.72 Å². The molecule has 0 bridgehead atoms. The third-order valence-corrected chi connectivity index (χ3v) is 2.87. The second-order valence-electron chi connectivity index (χ2n) is 2.70. The molecule has 0 aliphatic rings. The monoisotopic (exact) mass is 308 g/mol. The van der Waals surface area contributed by atoms with Crippen LogP contribution in [0.1, 0.15) is 0 Å². The number of H-pyrrole nitrogens is 1. The van der Waals surface area contributed by atoms with Crippen LogP contribution in [0.25, 0.3) is 11.1 Å². The van der Waals surface area contributed by atoms with E-state index in [1.165, 1.54) is 0 Å². The van der Waals surface area contributed by atoms with E-state index in [1.807, 2.05) is 0 Å². The molecule has 0 aliphatic heterocycles. The van der Waals surface area contributed by atoms with Gasteiger partial charge >= 0.3 is 0 Å². The standard InChI is InChI=1S/C7H5BrN2O3S2/c8-4-1-3(10-15(11)12)2-5-6(4)13-7(14)9-5/h1-2,10H,(H,9,14)(H,11,12). The zero-order chi connectivity index (χ0) is 11.0. The zero-order valence-electron chi connectivity index (χ0n) is 7.11. The molecule has 15 heavy (non-hydrogen) atoms. The third-order valence-electron chi connectivity index (χ3n) is 1.68. The molecule has 0 saturated carbocycles. The number of oxazole rings is 1. The highest BCUT2D eigenvalue weighted by atomic mass is 79.9. The van der Waals surface area contributed by atoms with Crippen LogP contribution in [0.5, 0.6) is 0 Å². The molecule has 80 valence electrons. The lowest BCUT2D eigenvalue weighted by Crippen LogP contribution is -2.01. The van der Waals surface area contributed by atoms with E-state index in [0.29, 0.717) is 21.3 Å². The maximum atomic E-state index is 10.6. The molecule has 1 heterocycles. The average molecular weight is 309 g/mol. The number of benzene rings is 1. The molecule has 0 amide bonds. The maximum Gasteiger partial charge on any atom is 0.266 e.